The van der Waals surface area contributed by atoms with E-state index in [4.69, 9.17) is 14.2 Å². The van der Waals surface area contributed by atoms with Crippen LogP contribution >= 0.6 is 0 Å². The van der Waals surface area contributed by atoms with Gasteiger partial charge in [-0.25, -0.2) is 0 Å². The minimum atomic E-state index is -0.348. The SMILES string of the molecule is COc1cc(C[C@@]2(C=O)CC=C[C@@H](C)C2)cc(OC)c1OC. The van der Waals surface area contributed by atoms with Crippen molar-refractivity contribution in [3.8, 4) is 17.2 Å². The molecule has 120 valence electrons. The molecule has 0 amide bonds. The molecule has 22 heavy (non-hydrogen) atoms. The van der Waals surface area contributed by atoms with Crippen molar-refractivity contribution in [2.45, 2.75) is 26.2 Å². The molecule has 2 rings (SSSR count). The van der Waals surface area contributed by atoms with Crippen molar-refractivity contribution in [1.82, 2.24) is 0 Å². The smallest absolute Gasteiger partial charge is 0.203 e. The molecule has 1 aromatic carbocycles. The van der Waals surface area contributed by atoms with Crippen LogP contribution < -0.4 is 14.2 Å². The minimum Gasteiger partial charge on any atom is -0.493 e. The maximum Gasteiger partial charge on any atom is 0.203 e. The zero-order chi connectivity index (χ0) is 16.2. The van der Waals surface area contributed by atoms with Crippen LogP contribution in [-0.2, 0) is 11.2 Å². The molecule has 0 N–H and O–H groups in total. The normalized spacial score (nSPS) is 23.9. The first kappa shape index (κ1) is 16.4. The average Bonchev–Trinajstić information content (AvgIpc) is 2.53. The van der Waals surface area contributed by atoms with Gasteiger partial charge in [0.25, 0.3) is 0 Å². The van der Waals surface area contributed by atoms with Crippen molar-refractivity contribution >= 4 is 6.29 Å². The van der Waals surface area contributed by atoms with E-state index in [1.54, 1.807) is 21.3 Å². The average molecular weight is 304 g/mol. The number of aldehydes is 1. The zero-order valence-electron chi connectivity index (χ0n) is 13.7. The molecule has 0 aromatic heterocycles. The Morgan fingerprint density at radius 1 is 1.18 bits per heavy atom. The van der Waals surface area contributed by atoms with E-state index in [-0.39, 0.29) is 5.41 Å². The van der Waals surface area contributed by atoms with Crippen molar-refractivity contribution in [2.24, 2.45) is 11.3 Å². The summed E-state index contributed by atoms with van der Waals surface area (Å²) in [7, 11) is 4.78. The van der Waals surface area contributed by atoms with Gasteiger partial charge in [-0.3, -0.25) is 0 Å². The van der Waals surface area contributed by atoms with E-state index in [9.17, 15) is 4.79 Å². The molecule has 4 heteroatoms. The van der Waals surface area contributed by atoms with Crippen molar-refractivity contribution in [2.75, 3.05) is 21.3 Å². The molecule has 0 radical (unpaired) electrons. The Balaban J connectivity index is 2.36. The van der Waals surface area contributed by atoms with Crippen LogP contribution in [0.3, 0.4) is 0 Å². The van der Waals surface area contributed by atoms with Gasteiger partial charge in [-0.2, -0.15) is 0 Å². The van der Waals surface area contributed by atoms with Crippen LogP contribution in [0.2, 0.25) is 0 Å². The van der Waals surface area contributed by atoms with Crippen LogP contribution in [0.5, 0.6) is 17.2 Å². The van der Waals surface area contributed by atoms with Crippen LogP contribution in [-0.4, -0.2) is 27.6 Å². The van der Waals surface area contributed by atoms with Crippen LogP contribution in [0.4, 0.5) is 0 Å². The topological polar surface area (TPSA) is 44.8 Å². The lowest BCUT2D eigenvalue weighted by Gasteiger charge is -2.32. The number of carbonyl (C=O) groups is 1. The predicted molar refractivity (Wildman–Crippen MR) is 85.8 cm³/mol. The molecular formula is C18H24O4. The molecule has 4 nitrogen and oxygen atoms in total. The monoisotopic (exact) mass is 304 g/mol. The fourth-order valence-corrected chi connectivity index (χ4v) is 3.25. The number of methoxy groups -OCH3 is 3. The summed E-state index contributed by atoms with van der Waals surface area (Å²) in [6.07, 6.45) is 7.71. The van der Waals surface area contributed by atoms with Gasteiger partial charge in [0, 0.05) is 5.41 Å². The Labute approximate surface area is 132 Å². The Morgan fingerprint density at radius 2 is 1.82 bits per heavy atom. The maximum atomic E-state index is 11.7. The zero-order valence-corrected chi connectivity index (χ0v) is 13.7. The first-order chi connectivity index (χ1) is 10.6. The summed E-state index contributed by atoms with van der Waals surface area (Å²) in [5.74, 6) is 2.24. The molecule has 1 aromatic rings. The Morgan fingerprint density at radius 3 is 2.27 bits per heavy atom. The number of hydrogen-bond acceptors (Lipinski definition) is 4. The van der Waals surface area contributed by atoms with Crippen LogP contribution in [0.15, 0.2) is 24.3 Å². The van der Waals surface area contributed by atoms with E-state index in [0.29, 0.717) is 29.6 Å². The highest BCUT2D eigenvalue weighted by molar-refractivity contribution is 5.62. The van der Waals surface area contributed by atoms with Crippen molar-refractivity contribution in [1.29, 1.82) is 0 Å². The number of hydrogen-bond donors (Lipinski definition) is 0. The number of carbonyl (C=O) groups excluding carboxylic acids is 1. The summed E-state index contributed by atoms with van der Waals surface area (Å²) in [5, 5.41) is 0. The summed E-state index contributed by atoms with van der Waals surface area (Å²) in [4.78, 5) is 11.7. The first-order valence-corrected chi connectivity index (χ1v) is 7.49. The summed E-state index contributed by atoms with van der Waals surface area (Å²) in [5.41, 5.74) is 0.669. The Hall–Kier alpha value is -1.97. The summed E-state index contributed by atoms with van der Waals surface area (Å²) < 4.78 is 16.1. The summed E-state index contributed by atoms with van der Waals surface area (Å²) in [6.45, 7) is 2.14. The molecule has 0 heterocycles. The molecule has 0 bridgehead atoms. The largest absolute Gasteiger partial charge is 0.493 e. The van der Waals surface area contributed by atoms with E-state index in [1.807, 2.05) is 12.1 Å². The molecule has 0 fully saturated rings. The third kappa shape index (κ3) is 3.26. The molecule has 1 aliphatic rings. The molecule has 0 spiro atoms. The molecule has 0 saturated heterocycles. The van der Waals surface area contributed by atoms with Gasteiger partial charge in [-0.15, -0.1) is 0 Å². The summed E-state index contributed by atoms with van der Waals surface area (Å²) >= 11 is 0. The van der Waals surface area contributed by atoms with Crippen LogP contribution in [0.1, 0.15) is 25.3 Å². The van der Waals surface area contributed by atoms with E-state index < -0.39 is 0 Å². The first-order valence-electron chi connectivity index (χ1n) is 7.49. The molecule has 2 atom stereocenters. The van der Waals surface area contributed by atoms with Gasteiger partial charge in [-0.05, 0) is 42.9 Å². The molecule has 0 saturated carbocycles. The lowest BCUT2D eigenvalue weighted by Crippen LogP contribution is -2.29. The van der Waals surface area contributed by atoms with E-state index in [0.717, 1.165) is 24.7 Å². The summed E-state index contributed by atoms with van der Waals surface area (Å²) in [6, 6.07) is 3.85. The van der Waals surface area contributed by atoms with Gasteiger partial charge in [-0.1, -0.05) is 19.1 Å². The third-order valence-electron chi connectivity index (χ3n) is 4.25. The highest BCUT2D eigenvalue weighted by atomic mass is 16.5. The Kier molecular flexibility index (Phi) is 5.11. The van der Waals surface area contributed by atoms with Gasteiger partial charge in [0.2, 0.25) is 5.75 Å². The number of rotatable bonds is 6. The van der Waals surface area contributed by atoms with Gasteiger partial charge in [0.05, 0.1) is 21.3 Å². The van der Waals surface area contributed by atoms with Crippen LogP contribution in [0, 0.1) is 11.3 Å². The second-order valence-corrected chi connectivity index (χ2v) is 6.00. The van der Waals surface area contributed by atoms with Gasteiger partial charge in [0.15, 0.2) is 11.5 Å². The standard InChI is InChI=1S/C18H24O4/c1-13-6-5-7-18(10-13,12-19)11-14-8-15(20-2)17(22-4)16(9-14)21-3/h5-6,8-9,12-13H,7,10-11H2,1-4H3/t13-,18-/m1/s1. The lowest BCUT2D eigenvalue weighted by molar-refractivity contribution is -0.117. The second kappa shape index (κ2) is 6.86. The van der Waals surface area contributed by atoms with Crippen LogP contribution in [0.25, 0.3) is 0 Å². The Bertz CT molecular complexity index is 539. The van der Waals surface area contributed by atoms with E-state index in [2.05, 4.69) is 19.1 Å². The number of benzene rings is 1. The minimum absolute atomic E-state index is 0.348. The molecule has 0 unspecified atom stereocenters. The number of allylic oxidation sites excluding steroid dienone is 2. The maximum absolute atomic E-state index is 11.7. The fraction of sp³-hybridized carbons (Fsp3) is 0.500. The highest BCUT2D eigenvalue weighted by Gasteiger charge is 2.33. The third-order valence-corrected chi connectivity index (χ3v) is 4.25. The highest BCUT2D eigenvalue weighted by Crippen LogP contribution is 2.42. The molecular weight excluding hydrogens is 280 g/mol. The van der Waals surface area contributed by atoms with Gasteiger partial charge in [0.1, 0.15) is 6.29 Å². The van der Waals surface area contributed by atoms with E-state index in [1.165, 1.54) is 0 Å². The van der Waals surface area contributed by atoms with Crippen molar-refractivity contribution in [3.05, 3.63) is 29.8 Å². The number of ether oxygens (including phenoxy) is 3. The molecule has 0 aliphatic heterocycles. The molecule has 1 aliphatic carbocycles. The van der Waals surface area contributed by atoms with Crippen molar-refractivity contribution in [3.63, 3.8) is 0 Å². The second-order valence-electron chi connectivity index (χ2n) is 6.00. The lowest BCUT2D eigenvalue weighted by atomic mass is 9.71. The van der Waals surface area contributed by atoms with Crippen molar-refractivity contribution < 1.29 is 19.0 Å². The van der Waals surface area contributed by atoms with Gasteiger partial charge < -0.3 is 19.0 Å². The fourth-order valence-electron chi connectivity index (χ4n) is 3.25. The van der Waals surface area contributed by atoms with Gasteiger partial charge >= 0.3 is 0 Å². The van der Waals surface area contributed by atoms with E-state index >= 15 is 0 Å². The quantitative estimate of drug-likeness (QED) is 0.596. The predicted octanol–water partition coefficient (Wildman–Crippen LogP) is 3.43.